The van der Waals surface area contributed by atoms with Crippen LogP contribution in [0.5, 0.6) is 0 Å². The third-order valence-electron chi connectivity index (χ3n) is 4.33. The Balaban J connectivity index is 1.82. The van der Waals surface area contributed by atoms with Crippen molar-refractivity contribution in [3.63, 3.8) is 0 Å². The standard InChI is InChI=1S/C16H20ClNO2/c17-15(11-6-4-2-1-3-5-7-11)12-8-9-13-14(10-12)20-16(19)18-13/h8-11,15H,1-7H2,(H,18,19). The van der Waals surface area contributed by atoms with Crippen LogP contribution in [0.3, 0.4) is 0 Å². The van der Waals surface area contributed by atoms with Gasteiger partial charge in [0.25, 0.3) is 0 Å². The number of nitrogens with one attached hydrogen (secondary N) is 1. The maximum Gasteiger partial charge on any atom is 0.417 e. The molecule has 0 aliphatic heterocycles. The summed E-state index contributed by atoms with van der Waals surface area (Å²) in [5.74, 6) is 0.120. The van der Waals surface area contributed by atoms with Crippen molar-refractivity contribution in [3.8, 4) is 0 Å². The first-order chi connectivity index (χ1) is 9.74. The summed E-state index contributed by atoms with van der Waals surface area (Å²) in [6.07, 6.45) is 8.95. The molecule has 1 atom stereocenters. The second kappa shape index (κ2) is 6.04. The number of aromatic nitrogens is 1. The number of benzene rings is 1. The summed E-state index contributed by atoms with van der Waals surface area (Å²) in [5.41, 5.74) is 2.40. The highest BCUT2D eigenvalue weighted by Crippen LogP contribution is 2.38. The summed E-state index contributed by atoms with van der Waals surface area (Å²) in [5, 5.41) is 0.0118. The van der Waals surface area contributed by atoms with Gasteiger partial charge < -0.3 is 4.42 Å². The summed E-state index contributed by atoms with van der Waals surface area (Å²) in [6, 6.07) is 5.79. The van der Waals surface area contributed by atoms with Gasteiger partial charge in [0.15, 0.2) is 5.58 Å². The van der Waals surface area contributed by atoms with E-state index in [-0.39, 0.29) is 5.38 Å². The molecule has 1 aromatic carbocycles. The number of H-pyrrole nitrogens is 1. The monoisotopic (exact) mass is 293 g/mol. The second-order valence-electron chi connectivity index (χ2n) is 5.78. The fourth-order valence-corrected chi connectivity index (χ4v) is 3.57. The van der Waals surface area contributed by atoms with Gasteiger partial charge in [0.1, 0.15) is 0 Å². The predicted octanol–water partition coefficient (Wildman–Crippen LogP) is 4.76. The largest absolute Gasteiger partial charge is 0.417 e. The highest BCUT2D eigenvalue weighted by atomic mass is 35.5. The first-order valence-corrected chi connectivity index (χ1v) is 7.94. The summed E-state index contributed by atoms with van der Waals surface area (Å²) in [7, 11) is 0. The zero-order chi connectivity index (χ0) is 13.9. The molecular formula is C16H20ClNO2. The normalized spacial score (nSPS) is 19.6. The average molecular weight is 294 g/mol. The van der Waals surface area contributed by atoms with Crippen molar-refractivity contribution in [1.29, 1.82) is 0 Å². The van der Waals surface area contributed by atoms with Crippen molar-refractivity contribution in [1.82, 2.24) is 4.98 Å². The molecule has 20 heavy (non-hydrogen) atoms. The molecule has 1 saturated carbocycles. The molecular weight excluding hydrogens is 274 g/mol. The van der Waals surface area contributed by atoms with Crippen molar-refractivity contribution in [3.05, 3.63) is 34.3 Å². The number of alkyl halides is 1. The Morgan fingerprint density at radius 2 is 1.85 bits per heavy atom. The average Bonchev–Trinajstić information content (AvgIpc) is 2.76. The molecule has 2 aromatic rings. The lowest BCUT2D eigenvalue weighted by Crippen LogP contribution is -2.10. The number of fused-ring (bicyclic) bond motifs is 1. The number of hydrogen-bond donors (Lipinski definition) is 1. The van der Waals surface area contributed by atoms with Gasteiger partial charge in [-0.2, -0.15) is 0 Å². The first kappa shape index (κ1) is 13.7. The maximum atomic E-state index is 11.2. The van der Waals surface area contributed by atoms with Crippen molar-refractivity contribution in [2.24, 2.45) is 5.92 Å². The molecule has 1 fully saturated rings. The Labute approximate surface area is 123 Å². The molecule has 108 valence electrons. The number of halogens is 1. The molecule has 0 radical (unpaired) electrons. The molecule has 0 saturated heterocycles. The van der Waals surface area contributed by atoms with Crippen LogP contribution in [-0.2, 0) is 0 Å². The van der Waals surface area contributed by atoms with E-state index in [9.17, 15) is 4.79 Å². The minimum absolute atomic E-state index is 0.0118. The molecule has 1 aromatic heterocycles. The van der Waals surface area contributed by atoms with Crippen LogP contribution >= 0.6 is 11.6 Å². The fourth-order valence-electron chi connectivity index (χ4n) is 3.19. The van der Waals surface area contributed by atoms with E-state index in [4.69, 9.17) is 16.0 Å². The van der Waals surface area contributed by atoms with Gasteiger partial charge in [-0.25, -0.2) is 4.79 Å². The molecule has 1 heterocycles. The van der Waals surface area contributed by atoms with Crippen molar-refractivity contribution < 1.29 is 4.42 Å². The van der Waals surface area contributed by atoms with Crippen LogP contribution in [0.25, 0.3) is 11.1 Å². The third-order valence-corrected chi connectivity index (χ3v) is 4.94. The first-order valence-electron chi connectivity index (χ1n) is 7.51. The predicted molar refractivity (Wildman–Crippen MR) is 81.2 cm³/mol. The number of aromatic amines is 1. The molecule has 3 nitrogen and oxygen atoms in total. The van der Waals surface area contributed by atoms with Crippen molar-refractivity contribution >= 4 is 22.7 Å². The summed E-state index contributed by atoms with van der Waals surface area (Å²) < 4.78 is 5.12. The quantitative estimate of drug-likeness (QED) is 0.811. The van der Waals surface area contributed by atoms with Gasteiger partial charge in [-0.15, -0.1) is 11.6 Å². The fraction of sp³-hybridized carbons (Fsp3) is 0.562. The van der Waals surface area contributed by atoms with E-state index in [0.29, 0.717) is 11.5 Å². The van der Waals surface area contributed by atoms with Crippen LogP contribution in [0.4, 0.5) is 0 Å². The number of oxazole rings is 1. The lowest BCUT2D eigenvalue weighted by atomic mass is 9.86. The summed E-state index contributed by atoms with van der Waals surface area (Å²) in [4.78, 5) is 13.9. The summed E-state index contributed by atoms with van der Waals surface area (Å²) in [6.45, 7) is 0. The smallest absolute Gasteiger partial charge is 0.408 e. The SMILES string of the molecule is O=c1[nH]c2ccc(C(Cl)C3CCCCCCC3)cc2o1. The molecule has 1 aliphatic carbocycles. The maximum absolute atomic E-state index is 11.2. The van der Waals surface area contributed by atoms with Crippen LogP contribution in [-0.4, -0.2) is 4.98 Å². The lowest BCUT2D eigenvalue weighted by molar-refractivity contribution is 0.368. The Kier molecular flexibility index (Phi) is 4.16. The molecule has 3 rings (SSSR count). The van der Waals surface area contributed by atoms with Crippen LogP contribution in [0.1, 0.15) is 55.9 Å². The summed E-state index contributed by atoms with van der Waals surface area (Å²) >= 11 is 6.69. The molecule has 1 aliphatic rings. The van der Waals surface area contributed by atoms with E-state index >= 15 is 0 Å². The number of rotatable bonds is 2. The molecule has 0 amide bonds. The number of hydrogen-bond acceptors (Lipinski definition) is 2. The Morgan fingerprint density at radius 1 is 1.15 bits per heavy atom. The van der Waals surface area contributed by atoms with E-state index in [1.165, 1.54) is 44.9 Å². The van der Waals surface area contributed by atoms with Crippen LogP contribution in [0.15, 0.2) is 27.4 Å². The minimum Gasteiger partial charge on any atom is -0.408 e. The van der Waals surface area contributed by atoms with Gasteiger partial charge in [-0.1, -0.05) is 38.2 Å². The Morgan fingerprint density at radius 3 is 2.60 bits per heavy atom. The Hall–Kier alpha value is -1.22. The van der Waals surface area contributed by atoms with E-state index in [1.54, 1.807) is 0 Å². The third kappa shape index (κ3) is 2.93. The highest BCUT2D eigenvalue weighted by molar-refractivity contribution is 6.21. The van der Waals surface area contributed by atoms with Crippen LogP contribution in [0.2, 0.25) is 0 Å². The molecule has 0 bridgehead atoms. The van der Waals surface area contributed by atoms with Gasteiger partial charge in [0, 0.05) is 0 Å². The van der Waals surface area contributed by atoms with Gasteiger partial charge in [-0.3, -0.25) is 4.98 Å². The minimum atomic E-state index is -0.408. The molecule has 1 unspecified atom stereocenters. The van der Waals surface area contributed by atoms with Crippen molar-refractivity contribution in [2.75, 3.05) is 0 Å². The van der Waals surface area contributed by atoms with Crippen LogP contribution < -0.4 is 5.76 Å². The lowest BCUT2D eigenvalue weighted by Gasteiger charge is -2.24. The molecule has 4 heteroatoms. The van der Waals surface area contributed by atoms with E-state index in [2.05, 4.69) is 4.98 Å². The zero-order valence-electron chi connectivity index (χ0n) is 11.5. The van der Waals surface area contributed by atoms with E-state index in [1.807, 2.05) is 18.2 Å². The zero-order valence-corrected chi connectivity index (χ0v) is 12.3. The van der Waals surface area contributed by atoms with Gasteiger partial charge in [-0.05, 0) is 36.5 Å². The van der Waals surface area contributed by atoms with Gasteiger partial charge >= 0.3 is 5.76 Å². The van der Waals surface area contributed by atoms with Crippen molar-refractivity contribution in [2.45, 2.75) is 50.3 Å². The molecule has 1 N–H and O–H groups in total. The topological polar surface area (TPSA) is 46.0 Å². The Bertz CT molecular complexity index is 623. The van der Waals surface area contributed by atoms with Gasteiger partial charge in [0.05, 0.1) is 10.9 Å². The van der Waals surface area contributed by atoms with E-state index < -0.39 is 5.76 Å². The molecule has 0 spiro atoms. The second-order valence-corrected chi connectivity index (χ2v) is 6.25. The van der Waals surface area contributed by atoms with Gasteiger partial charge in [0.2, 0.25) is 0 Å². The highest BCUT2D eigenvalue weighted by Gasteiger charge is 2.22. The van der Waals surface area contributed by atoms with E-state index in [0.717, 1.165) is 11.1 Å². The van der Waals surface area contributed by atoms with Crippen LogP contribution in [0, 0.1) is 5.92 Å².